The van der Waals surface area contributed by atoms with E-state index in [1.165, 1.54) is 0 Å². The summed E-state index contributed by atoms with van der Waals surface area (Å²) in [6, 6.07) is -0.642. The van der Waals surface area contributed by atoms with Gasteiger partial charge < -0.3 is 52.6 Å². The SMILES string of the molecule is CCP(=O)(O)OC1CCN(C(=O)C(CCCCN(Cc2cn(CCOCCON)nn2)Cc2cn(CCOCCON)nn2)N(Cc2cn(CCOCCON)nn2)Cc2cn(CCOCCON)nn2)CC1. The monoisotopic (exact) mass is 1060 g/mol. The standard InChI is InChI=1S/C41H76N19O12P/c1-2-73(62,63)72-39-6-9-55(10-7-39)41(61)40(56(29-37-33-59(52-48-37)13-17-66-21-25-70-44)30-38-34-60(53-49-38)14-18-67-22-26-71-45)5-3-4-8-54(27-35-31-57(50-46-35)11-15-64-19-23-68-42)28-36-32-58(51-47-36)12-16-65-20-24-69-43/h31-34,39-40H,2-30,42-45H2,1H3,(H,62,63). The summed E-state index contributed by atoms with van der Waals surface area (Å²) in [6.45, 7) is 10.3. The summed E-state index contributed by atoms with van der Waals surface area (Å²) < 4.78 is 47.2. The zero-order valence-electron chi connectivity index (χ0n) is 41.9. The molecule has 1 aliphatic rings. The van der Waals surface area contributed by atoms with Crippen molar-refractivity contribution in [1.82, 2.24) is 74.7 Å². The van der Waals surface area contributed by atoms with Crippen LogP contribution in [0, 0.1) is 0 Å². The molecule has 9 N–H and O–H groups in total. The maximum absolute atomic E-state index is 15.0. The van der Waals surface area contributed by atoms with Crippen molar-refractivity contribution >= 4 is 13.5 Å². The largest absolute Gasteiger partial charge is 0.377 e. The van der Waals surface area contributed by atoms with Gasteiger partial charge in [0.05, 0.1) is 140 Å². The van der Waals surface area contributed by atoms with Gasteiger partial charge in [-0.15, -0.1) is 20.4 Å². The highest BCUT2D eigenvalue weighted by Gasteiger charge is 2.35. The highest BCUT2D eigenvalue weighted by atomic mass is 31.2. The lowest BCUT2D eigenvalue weighted by Crippen LogP contribution is -2.51. The van der Waals surface area contributed by atoms with E-state index < -0.39 is 19.7 Å². The second-order valence-corrected chi connectivity index (χ2v) is 19.2. The zero-order valence-corrected chi connectivity index (χ0v) is 42.8. The number of carbonyl (C=O) groups excluding carboxylic acids is 1. The van der Waals surface area contributed by atoms with E-state index in [0.717, 1.165) is 11.4 Å². The zero-order chi connectivity index (χ0) is 51.9. The number of rotatable bonds is 42. The fourth-order valence-electron chi connectivity index (χ4n) is 7.75. The lowest BCUT2D eigenvalue weighted by atomic mass is 10.0. The van der Waals surface area contributed by atoms with Gasteiger partial charge in [-0.3, -0.25) is 19.2 Å². The van der Waals surface area contributed by atoms with Crippen LogP contribution in [0.4, 0.5) is 0 Å². The van der Waals surface area contributed by atoms with Gasteiger partial charge in [0.2, 0.25) is 5.91 Å². The van der Waals surface area contributed by atoms with Gasteiger partial charge in [0.25, 0.3) is 0 Å². The molecule has 31 nitrogen and oxygen atoms in total. The van der Waals surface area contributed by atoms with Crippen LogP contribution in [0.3, 0.4) is 0 Å². The van der Waals surface area contributed by atoms with E-state index in [4.69, 9.17) is 47.1 Å². The highest BCUT2D eigenvalue weighted by Crippen LogP contribution is 2.44. The van der Waals surface area contributed by atoms with Crippen LogP contribution in [0.15, 0.2) is 24.8 Å². The second-order valence-electron chi connectivity index (χ2n) is 17.0. The molecule has 5 heterocycles. The topological polar surface area (TPSA) is 374 Å². The molecule has 4 aromatic heterocycles. The van der Waals surface area contributed by atoms with Crippen LogP contribution in [0.1, 0.15) is 61.8 Å². The number of hydrogen-bond acceptors (Lipinski definition) is 25. The van der Waals surface area contributed by atoms with E-state index >= 15 is 4.79 Å². The van der Waals surface area contributed by atoms with Crippen molar-refractivity contribution in [3.8, 4) is 0 Å². The number of nitrogens with two attached hydrogens (primary N) is 4. The Hall–Kier alpha value is -4.38. The average Bonchev–Trinajstić information content (AvgIpc) is 4.23. The highest BCUT2D eigenvalue weighted by molar-refractivity contribution is 7.52. The van der Waals surface area contributed by atoms with E-state index in [1.54, 1.807) is 25.7 Å². The van der Waals surface area contributed by atoms with Crippen molar-refractivity contribution in [3.05, 3.63) is 47.6 Å². The molecule has 1 amide bonds. The predicted molar refractivity (Wildman–Crippen MR) is 256 cm³/mol. The first-order valence-electron chi connectivity index (χ1n) is 24.5. The van der Waals surface area contributed by atoms with Crippen LogP contribution in [-0.4, -0.2) is 203 Å². The Kier molecular flexibility index (Phi) is 27.9. The van der Waals surface area contributed by atoms with Crippen molar-refractivity contribution in [2.24, 2.45) is 23.6 Å². The molecule has 0 spiro atoms. The summed E-state index contributed by atoms with van der Waals surface area (Å²) in [5.41, 5.74) is 2.78. The van der Waals surface area contributed by atoms with Crippen LogP contribution >= 0.6 is 7.60 Å². The molecule has 0 radical (unpaired) electrons. The van der Waals surface area contributed by atoms with Gasteiger partial charge in [0.15, 0.2) is 0 Å². The number of carbonyl (C=O) groups is 1. The van der Waals surface area contributed by atoms with E-state index in [2.05, 4.69) is 70.4 Å². The number of piperidine rings is 1. The lowest BCUT2D eigenvalue weighted by Gasteiger charge is -2.38. The molecule has 4 aromatic rings. The number of ether oxygens (including phenoxy) is 4. The fourth-order valence-corrected chi connectivity index (χ4v) is 8.58. The minimum Gasteiger partial charge on any atom is -0.377 e. The van der Waals surface area contributed by atoms with Crippen molar-refractivity contribution in [2.45, 2.75) is 104 Å². The van der Waals surface area contributed by atoms with Crippen LogP contribution in [0.25, 0.3) is 0 Å². The molecule has 0 aliphatic carbocycles. The third kappa shape index (κ3) is 23.0. The number of unbranched alkanes of at least 4 members (excludes halogenated alkanes) is 1. The Morgan fingerprint density at radius 3 is 1.37 bits per heavy atom. The summed E-state index contributed by atoms with van der Waals surface area (Å²) in [7, 11) is -3.73. The molecule has 32 heteroatoms. The van der Waals surface area contributed by atoms with Crippen LogP contribution in [0.2, 0.25) is 0 Å². The molecular formula is C41H76N19O12P. The first-order chi connectivity index (χ1) is 35.6. The molecule has 0 aromatic carbocycles. The number of hydrogen-bond donors (Lipinski definition) is 5. The van der Waals surface area contributed by atoms with Gasteiger partial charge >= 0.3 is 7.60 Å². The Labute approximate surface area is 424 Å². The first kappa shape index (κ1) is 59.5. The van der Waals surface area contributed by atoms with Crippen LogP contribution in [0.5, 0.6) is 0 Å². The average molecular weight is 1060 g/mol. The van der Waals surface area contributed by atoms with Gasteiger partial charge in [0.1, 0.15) is 0 Å². The van der Waals surface area contributed by atoms with Gasteiger partial charge in [0, 0.05) is 70.2 Å². The molecule has 0 saturated carbocycles. The van der Waals surface area contributed by atoms with Gasteiger partial charge in [-0.2, -0.15) is 0 Å². The molecule has 0 bridgehead atoms. The van der Waals surface area contributed by atoms with Crippen molar-refractivity contribution in [2.75, 3.05) is 105 Å². The van der Waals surface area contributed by atoms with E-state index in [1.807, 2.05) is 29.7 Å². The van der Waals surface area contributed by atoms with E-state index in [-0.39, 0.29) is 51.6 Å². The minimum absolute atomic E-state index is 0.00642. The quantitative estimate of drug-likeness (QED) is 0.0184. The fraction of sp³-hybridized carbons (Fsp3) is 0.780. The van der Waals surface area contributed by atoms with E-state index in [0.29, 0.717) is 155 Å². The summed E-state index contributed by atoms with van der Waals surface area (Å²) in [4.78, 5) is 49.7. The number of likely N-dealkylation sites (tertiary alicyclic amines) is 1. The molecular weight excluding hydrogens is 982 g/mol. The molecule has 5 rings (SSSR count). The Morgan fingerprint density at radius 2 is 1.00 bits per heavy atom. The molecule has 1 aliphatic heterocycles. The third-order valence-corrected chi connectivity index (χ3v) is 12.9. The Morgan fingerprint density at radius 1 is 0.616 bits per heavy atom. The number of nitrogens with zero attached hydrogens (tertiary/aromatic N) is 15. The molecule has 2 unspecified atom stereocenters. The van der Waals surface area contributed by atoms with E-state index in [9.17, 15) is 9.46 Å². The normalized spacial score (nSPS) is 14.8. The second kappa shape index (κ2) is 34.2. The summed E-state index contributed by atoms with van der Waals surface area (Å²) in [5, 5.41) is 35.2. The van der Waals surface area contributed by atoms with Gasteiger partial charge in [-0.25, -0.2) is 42.3 Å². The minimum atomic E-state index is -3.73. The lowest BCUT2D eigenvalue weighted by molar-refractivity contribution is -0.139. The van der Waals surface area contributed by atoms with Crippen LogP contribution < -0.4 is 23.6 Å². The summed E-state index contributed by atoms with van der Waals surface area (Å²) >= 11 is 0. The molecule has 412 valence electrons. The maximum Gasteiger partial charge on any atom is 0.328 e. The first-order valence-corrected chi connectivity index (χ1v) is 26.3. The Bertz CT molecular complexity index is 2020. The summed E-state index contributed by atoms with van der Waals surface area (Å²) in [5.74, 6) is 20.4. The predicted octanol–water partition coefficient (Wildman–Crippen LogP) is -1.86. The summed E-state index contributed by atoms with van der Waals surface area (Å²) in [6.07, 6.45) is 9.65. The van der Waals surface area contributed by atoms with Crippen LogP contribution in [-0.2, 0) is 105 Å². The van der Waals surface area contributed by atoms with Crippen molar-refractivity contribution in [1.29, 1.82) is 0 Å². The Balaban J connectivity index is 1.34. The third-order valence-electron chi connectivity index (χ3n) is 11.5. The molecule has 2 atom stereocenters. The van der Waals surface area contributed by atoms with Gasteiger partial charge in [-0.1, -0.05) is 34.2 Å². The van der Waals surface area contributed by atoms with Gasteiger partial charge in [-0.05, 0) is 32.2 Å². The number of amides is 1. The molecule has 1 saturated heterocycles. The smallest absolute Gasteiger partial charge is 0.328 e. The number of aromatic nitrogens is 12. The van der Waals surface area contributed by atoms with Crippen molar-refractivity contribution < 1.29 is 57.1 Å². The molecule has 1 fully saturated rings. The maximum atomic E-state index is 15.0. The molecule has 73 heavy (non-hydrogen) atoms. The van der Waals surface area contributed by atoms with Crippen molar-refractivity contribution in [3.63, 3.8) is 0 Å².